The highest BCUT2D eigenvalue weighted by Gasteiger charge is 2.27. The number of aryl methyl sites for hydroxylation is 4. The van der Waals surface area contributed by atoms with Crippen molar-refractivity contribution in [3.05, 3.63) is 70.4 Å². The average molecular weight is 467 g/mol. The maximum Gasteiger partial charge on any atom is 0.147 e. The third kappa shape index (κ3) is 4.17. The number of rotatable bonds is 3. The smallest absolute Gasteiger partial charge is 0.147 e. The highest BCUT2D eigenvalue weighted by Crippen LogP contribution is 2.40. The molecule has 0 bridgehead atoms. The molecule has 0 N–H and O–H groups in total. The Morgan fingerprint density at radius 1 is 0.857 bits per heavy atom. The van der Waals surface area contributed by atoms with Gasteiger partial charge < -0.3 is 0 Å². The summed E-state index contributed by atoms with van der Waals surface area (Å²) in [6.45, 7) is 15.5. The van der Waals surface area contributed by atoms with Gasteiger partial charge in [0.1, 0.15) is 12.2 Å². The van der Waals surface area contributed by atoms with E-state index in [1.165, 1.54) is 60.0 Å². The van der Waals surface area contributed by atoms with Crippen LogP contribution in [0.25, 0.3) is 28.0 Å². The molecule has 35 heavy (non-hydrogen) atoms. The molecule has 5 rings (SSSR count). The Balaban J connectivity index is 1.76. The Morgan fingerprint density at radius 2 is 1.54 bits per heavy atom. The first-order chi connectivity index (χ1) is 16.7. The summed E-state index contributed by atoms with van der Waals surface area (Å²) in [5.74, 6) is 1.66. The predicted molar refractivity (Wildman–Crippen MR) is 146 cm³/mol. The minimum atomic E-state index is -0.0536. The quantitative estimate of drug-likeness (QED) is 0.307. The van der Waals surface area contributed by atoms with Crippen molar-refractivity contribution < 1.29 is 0 Å². The number of hydrogen-bond donors (Lipinski definition) is 0. The van der Waals surface area contributed by atoms with Crippen molar-refractivity contribution in [3.63, 3.8) is 0 Å². The van der Waals surface area contributed by atoms with Gasteiger partial charge in [0.25, 0.3) is 0 Å². The largest absolute Gasteiger partial charge is 0.296 e. The Kier molecular flexibility index (Phi) is 6.03. The molecule has 4 nitrogen and oxygen atoms in total. The second kappa shape index (κ2) is 8.89. The summed E-state index contributed by atoms with van der Waals surface area (Å²) in [6, 6.07) is 9.28. The molecule has 0 unspecified atom stereocenters. The predicted octanol–water partition coefficient (Wildman–Crippen LogP) is 8.06. The zero-order valence-corrected chi connectivity index (χ0v) is 22.4. The van der Waals surface area contributed by atoms with E-state index in [1.54, 1.807) is 6.33 Å². The summed E-state index contributed by atoms with van der Waals surface area (Å²) in [5.41, 5.74) is 10.8. The van der Waals surface area contributed by atoms with E-state index in [-0.39, 0.29) is 5.41 Å². The first-order valence-corrected chi connectivity index (χ1v) is 13.1. The van der Waals surface area contributed by atoms with Crippen LogP contribution in [-0.4, -0.2) is 19.5 Å². The van der Waals surface area contributed by atoms with E-state index in [1.807, 2.05) is 6.20 Å². The molecule has 2 aromatic carbocycles. The Labute approximate surface area is 209 Å². The van der Waals surface area contributed by atoms with Crippen LogP contribution < -0.4 is 0 Å². The molecule has 2 heterocycles. The van der Waals surface area contributed by atoms with E-state index < -0.39 is 0 Å². The van der Waals surface area contributed by atoms with Crippen molar-refractivity contribution in [1.82, 2.24) is 19.5 Å². The summed E-state index contributed by atoms with van der Waals surface area (Å²) in [4.78, 5) is 14.3. The van der Waals surface area contributed by atoms with Crippen LogP contribution in [0.3, 0.4) is 0 Å². The topological polar surface area (TPSA) is 43.6 Å². The molecule has 0 amide bonds. The van der Waals surface area contributed by atoms with Crippen molar-refractivity contribution in [2.75, 3.05) is 0 Å². The molecule has 0 atom stereocenters. The van der Waals surface area contributed by atoms with Crippen LogP contribution in [0.1, 0.15) is 92.4 Å². The van der Waals surface area contributed by atoms with Gasteiger partial charge in [-0.1, -0.05) is 64.3 Å². The van der Waals surface area contributed by atoms with Gasteiger partial charge in [0.2, 0.25) is 0 Å². The van der Waals surface area contributed by atoms with Gasteiger partial charge in [0.05, 0.1) is 11.2 Å². The standard InChI is InChI=1S/C31H38N4/c1-19-15-24(23-11-9-8-10-12-23)16-20(2)29(19)35-21(3)17-32-30(35)27-26(31(5,6)7)14-13-25-22(4)33-18-34-28(25)27/h13-18,23H,8-12H2,1-7H3. The van der Waals surface area contributed by atoms with Gasteiger partial charge in [-0.25, -0.2) is 15.0 Å². The highest BCUT2D eigenvalue weighted by molar-refractivity contribution is 5.95. The van der Waals surface area contributed by atoms with E-state index in [0.717, 1.165) is 33.7 Å². The molecule has 0 radical (unpaired) electrons. The second-order valence-electron chi connectivity index (χ2n) is 11.5. The summed E-state index contributed by atoms with van der Waals surface area (Å²) in [7, 11) is 0. The first-order valence-electron chi connectivity index (χ1n) is 13.1. The second-order valence-corrected chi connectivity index (χ2v) is 11.5. The van der Waals surface area contributed by atoms with Crippen molar-refractivity contribution in [2.24, 2.45) is 0 Å². The highest BCUT2D eigenvalue weighted by atomic mass is 15.1. The Morgan fingerprint density at radius 3 is 2.20 bits per heavy atom. The van der Waals surface area contributed by atoms with E-state index in [4.69, 9.17) is 9.97 Å². The number of imidazole rings is 1. The van der Waals surface area contributed by atoms with Gasteiger partial charge in [0.15, 0.2) is 0 Å². The SMILES string of the molecule is Cc1cc(C2CCCCC2)cc(C)c1-n1c(C)cnc1-c1c(C(C)(C)C)ccc2c(C)ncnc12. The zero-order chi connectivity index (χ0) is 24.9. The molecular weight excluding hydrogens is 428 g/mol. The minimum Gasteiger partial charge on any atom is -0.296 e. The third-order valence-corrected chi connectivity index (χ3v) is 7.79. The van der Waals surface area contributed by atoms with Gasteiger partial charge in [-0.3, -0.25) is 4.57 Å². The molecule has 0 aliphatic heterocycles. The molecule has 182 valence electrons. The monoisotopic (exact) mass is 466 g/mol. The molecule has 1 aliphatic rings. The number of aromatic nitrogens is 4. The fourth-order valence-electron chi connectivity index (χ4n) is 6.02. The summed E-state index contributed by atoms with van der Waals surface area (Å²) in [5, 5.41) is 1.09. The van der Waals surface area contributed by atoms with Crippen LogP contribution in [0.2, 0.25) is 0 Å². The minimum absolute atomic E-state index is 0.0536. The molecular formula is C31H38N4. The summed E-state index contributed by atoms with van der Waals surface area (Å²) in [6.07, 6.45) is 10.4. The fraction of sp³-hybridized carbons (Fsp3) is 0.452. The van der Waals surface area contributed by atoms with E-state index in [2.05, 4.69) is 82.3 Å². The summed E-state index contributed by atoms with van der Waals surface area (Å²) >= 11 is 0. The maximum absolute atomic E-state index is 5.01. The Hall–Kier alpha value is -3.01. The summed E-state index contributed by atoms with van der Waals surface area (Å²) < 4.78 is 2.36. The molecule has 1 aliphatic carbocycles. The van der Waals surface area contributed by atoms with Crippen molar-refractivity contribution in [1.29, 1.82) is 0 Å². The molecule has 1 saturated carbocycles. The van der Waals surface area contributed by atoms with Crippen LogP contribution >= 0.6 is 0 Å². The lowest BCUT2D eigenvalue weighted by atomic mass is 9.82. The average Bonchev–Trinajstić information content (AvgIpc) is 3.18. The van der Waals surface area contributed by atoms with Gasteiger partial charge >= 0.3 is 0 Å². The third-order valence-electron chi connectivity index (χ3n) is 7.79. The van der Waals surface area contributed by atoms with Gasteiger partial charge in [-0.15, -0.1) is 0 Å². The molecule has 0 saturated heterocycles. The lowest BCUT2D eigenvalue weighted by Crippen LogP contribution is -2.15. The lowest BCUT2D eigenvalue weighted by molar-refractivity contribution is 0.443. The molecule has 0 spiro atoms. The Bertz CT molecular complexity index is 1370. The maximum atomic E-state index is 5.01. The molecule has 4 aromatic rings. The number of hydrogen-bond acceptors (Lipinski definition) is 3. The fourth-order valence-corrected chi connectivity index (χ4v) is 6.02. The normalized spacial score (nSPS) is 15.2. The lowest BCUT2D eigenvalue weighted by Gasteiger charge is -2.26. The van der Waals surface area contributed by atoms with Crippen molar-refractivity contribution >= 4 is 10.9 Å². The van der Waals surface area contributed by atoms with Crippen LogP contribution in [0.15, 0.2) is 36.8 Å². The van der Waals surface area contributed by atoms with Gasteiger partial charge in [0, 0.05) is 28.5 Å². The van der Waals surface area contributed by atoms with Crippen LogP contribution in [0.4, 0.5) is 0 Å². The van der Waals surface area contributed by atoms with E-state index in [0.29, 0.717) is 5.92 Å². The van der Waals surface area contributed by atoms with Crippen LogP contribution in [-0.2, 0) is 5.41 Å². The molecule has 2 aromatic heterocycles. The van der Waals surface area contributed by atoms with E-state index in [9.17, 15) is 0 Å². The number of fused-ring (bicyclic) bond motifs is 1. The van der Waals surface area contributed by atoms with E-state index >= 15 is 0 Å². The van der Waals surface area contributed by atoms with Crippen LogP contribution in [0, 0.1) is 27.7 Å². The molecule has 4 heteroatoms. The number of benzene rings is 2. The first kappa shape index (κ1) is 23.7. The number of nitrogens with zero attached hydrogens (tertiary/aromatic N) is 4. The zero-order valence-electron chi connectivity index (χ0n) is 22.4. The van der Waals surface area contributed by atoms with Crippen LogP contribution in [0.5, 0.6) is 0 Å². The van der Waals surface area contributed by atoms with Gasteiger partial charge in [-0.05, 0) is 74.1 Å². The molecule has 1 fully saturated rings. The van der Waals surface area contributed by atoms with Crippen molar-refractivity contribution in [3.8, 4) is 17.1 Å². The van der Waals surface area contributed by atoms with Crippen molar-refractivity contribution in [2.45, 2.75) is 91.9 Å². The van der Waals surface area contributed by atoms with Gasteiger partial charge in [-0.2, -0.15) is 0 Å².